The van der Waals surface area contributed by atoms with E-state index in [0.29, 0.717) is 19.3 Å². The number of fused-ring (bicyclic) bond motifs is 2. The van der Waals surface area contributed by atoms with E-state index in [-0.39, 0.29) is 112 Å². The Hall–Kier alpha value is -4.78. The number of carbonyl (C=O) groups excluding carboxylic acids is 5. The van der Waals surface area contributed by atoms with Crippen molar-refractivity contribution in [1.29, 1.82) is 0 Å². The van der Waals surface area contributed by atoms with Gasteiger partial charge in [-0.2, -0.15) is 27.0 Å². The Bertz CT molecular complexity index is 2440. The number of para-hydroxylation sites is 2. The Morgan fingerprint density at radius 1 is 0.609 bits per heavy atom. The van der Waals surface area contributed by atoms with E-state index in [9.17, 15) is 33.9 Å². The number of hydrogen-bond acceptors (Lipinski definition) is 10. The molecule has 5 rings (SSSR count). The molecule has 0 aliphatic heterocycles. The summed E-state index contributed by atoms with van der Waals surface area (Å²) in [6, 6.07) is 23.2. The molecule has 0 aliphatic carbocycles. The van der Waals surface area contributed by atoms with E-state index in [2.05, 4.69) is 10.6 Å². The molecule has 69 heavy (non-hydrogen) atoms. The second-order valence-corrected chi connectivity index (χ2v) is 18.6. The summed E-state index contributed by atoms with van der Waals surface area (Å²) >= 11 is 0. The number of hydrogen-bond donors (Lipinski definition) is 3. The summed E-state index contributed by atoms with van der Waals surface area (Å²) in [7, 11) is 3.85. The molecule has 4 N–H and O–H groups in total. The molecule has 0 unspecified atom stereocenters. The van der Waals surface area contributed by atoms with E-state index >= 15 is 0 Å². The number of nitrogens with zero attached hydrogens (tertiary/aromatic N) is 2. The summed E-state index contributed by atoms with van der Waals surface area (Å²) in [5.74, 6) is -3.99. The number of carboxylic acids is 1. The third kappa shape index (κ3) is 21.0. The van der Waals surface area contributed by atoms with Crippen molar-refractivity contribution < 1.29 is 83.1 Å². The number of rotatable bonds is 18. The molecule has 0 spiro atoms. The first-order chi connectivity index (χ1) is 30.5. The molecule has 0 radical (unpaired) electrons. The van der Waals surface area contributed by atoms with Crippen LogP contribution in [0.4, 0.5) is 0 Å². The van der Waals surface area contributed by atoms with Gasteiger partial charge in [0.2, 0.25) is 11.8 Å². The molecule has 2 amide bonds. The average Bonchev–Trinajstić information content (AvgIpc) is 3.73. The minimum absolute atomic E-state index is 0. The van der Waals surface area contributed by atoms with Gasteiger partial charge in [0.25, 0.3) is 0 Å². The minimum atomic E-state index is -1.09. The van der Waals surface area contributed by atoms with Crippen molar-refractivity contribution in [2.45, 2.75) is 124 Å². The van der Waals surface area contributed by atoms with Gasteiger partial charge in [0.1, 0.15) is 29.9 Å². The Labute approximate surface area is 442 Å². The third-order valence-corrected chi connectivity index (χ3v) is 10.5. The van der Waals surface area contributed by atoms with Crippen LogP contribution in [0, 0.1) is 11.8 Å². The van der Waals surface area contributed by atoms with Gasteiger partial charge in [-0.1, -0.05) is 80.6 Å². The smallest absolute Gasteiger partial charge is 0.870 e. The molecule has 5 aromatic rings. The van der Waals surface area contributed by atoms with E-state index in [1.807, 2.05) is 114 Å². The van der Waals surface area contributed by atoms with Crippen LogP contribution >= 0.6 is 27.0 Å². The number of aliphatic carboxylic acids is 1. The molecule has 0 saturated carbocycles. The molecule has 0 aliphatic rings. The summed E-state index contributed by atoms with van der Waals surface area (Å²) in [5, 5.41) is 17.1. The summed E-state index contributed by atoms with van der Waals surface area (Å²) in [4.78, 5) is 74.3. The van der Waals surface area contributed by atoms with Crippen LogP contribution in [0.1, 0.15) is 97.8 Å². The summed E-state index contributed by atoms with van der Waals surface area (Å²) in [6.07, 6.45) is 5.17. The summed E-state index contributed by atoms with van der Waals surface area (Å²) < 4.78 is 20.1. The van der Waals surface area contributed by atoms with Gasteiger partial charge in [-0.3, -0.25) is 19.2 Å². The fraction of sp³-hybridized carbons (Fsp3) is 0.451. The Morgan fingerprint density at radius 2 is 0.986 bits per heavy atom. The van der Waals surface area contributed by atoms with Crippen LogP contribution in [0.5, 0.6) is 0 Å². The zero-order valence-electron chi connectivity index (χ0n) is 41.9. The van der Waals surface area contributed by atoms with Gasteiger partial charge in [0, 0.05) is 85.8 Å². The average molecular weight is 1000 g/mol. The van der Waals surface area contributed by atoms with Crippen molar-refractivity contribution >= 4 is 84.5 Å². The first-order valence-corrected chi connectivity index (χ1v) is 22.0. The predicted octanol–water partition coefficient (Wildman–Crippen LogP) is 4.81. The molecule has 4 atom stereocenters. The maximum absolute atomic E-state index is 13.1. The van der Waals surface area contributed by atoms with Crippen molar-refractivity contribution in [2.75, 3.05) is 0 Å². The van der Waals surface area contributed by atoms with Gasteiger partial charge in [-0.05, 0) is 83.2 Å². The number of benzene rings is 3. The second kappa shape index (κ2) is 29.4. The molecule has 18 heteroatoms. The monoisotopic (exact) mass is 1000 g/mol. The van der Waals surface area contributed by atoms with Crippen LogP contribution < -0.4 is 40.2 Å². The first-order valence-electron chi connectivity index (χ1n) is 22.0. The quantitative estimate of drug-likeness (QED) is 0.0616. The van der Waals surface area contributed by atoms with Crippen molar-refractivity contribution in [3.63, 3.8) is 0 Å². The minimum Gasteiger partial charge on any atom is -0.870 e. The van der Waals surface area contributed by atoms with Gasteiger partial charge in [-0.15, -0.1) is 0 Å². The van der Waals surface area contributed by atoms with Crippen LogP contribution in [0.15, 0.2) is 91.3 Å². The molecular formula is C51H71N4NaO11S2. The van der Waals surface area contributed by atoms with Gasteiger partial charge < -0.3 is 44.6 Å². The van der Waals surface area contributed by atoms with E-state index in [0.717, 1.165) is 38.5 Å². The fourth-order valence-electron chi connectivity index (χ4n) is 7.18. The number of carbonyl (C=O) groups is 6. The van der Waals surface area contributed by atoms with Crippen LogP contribution in [0.3, 0.4) is 0 Å². The predicted molar refractivity (Wildman–Crippen MR) is 272 cm³/mol. The largest absolute Gasteiger partial charge is 1.00 e. The molecule has 0 bridgehead atoms. The molecular weight excluding hydrogens is 932 g/mol. The summed E-state index contributed by atoms with van der Waals surface area (Å²) in [5.41, 5.74) is 3.56. The number of aromatic nitrogens is 2. The molecule has 2 heterocycles. The second-order valence-electron chi connectivity index (χ2n) is 18.6. The third-order valence-electron chi connectivity index (χ3n) is 10.5. The zero-order valence-corrected chi connectivity index (χ0v) is 45.9. The van der Waals surface area contributed by atoms with Crippen LogP contribution in [-0.4, -0.2) is 78.7 Å². The Balaban J connectivity index is 0.00000129. The van der Waals surface area contributed by atoms with Crippen LogP contribution in [0.2, 0.25) is 0 Å². The van der Waals surface area contributed by atoms with Gasteiger partial charge in [0.15, 0.2) is 0 Å². The number of amides is 2. The number of ether oxygens (including phenoxy) is 3. The van der Waals surface area contributed by atoms with Gasteiger partial charge in [-0.25, -0.2) is 9.59 Å². The van der Waals surface area contributed by atoms with Crippen LogP contribution in [0.25, 0.3) is 21.8 Å². The summed E-state index contributed by atoms with van der Waals surface area (Å²) in [6.45, 7) is 14.3. The number of carboxylic acid groups (broad SMARTS) is 1. The molecule has 374 valence electrons. The molecule has 0 fully saturated rings. The Morgan fingerprint density at radius 3 is 1.39 bits per heavy atom. The first kappa shape index (κ1) is 64.2. The number of aryl methyl sites for hydroxylation is 2. The standard InChI is InChI=1S/C29H36N2O5.C22H30N2O5.Na.H2O.2H2S/c1-20(15-16-26(32)36-29(2,3)4)27(33)30-24(28(34)35-19-21-11-7-6-8-12-21)17-22-18-31(5)25-14-10-9-13-23(22)25;1-14(10-11-19(25)29-22(2,3)4)20(26)23-17(21(27)28)12-15-13-24(5)18-9-7-6-8-16(15)18;;;;/h6-14,18,20,24H,15-17,19H2,1-5H3,(H,30,33);6-9,13-14,17H,10-12H2,1-5H3,(H,23,26)(H,27,28);;3*1H2/q;;+1;;;/p-1/t20-,24+;14-,17+;;;;/m00..../s1. The van der Waals surface area contributed by atoms with E-state index in [4.69, 9.17) is 14.2 Å². The number of nitrogens with one attached hydrogen (secondary N) is 2. The van der Waals surface area contributed by atoms with E-state index in [1.165, 1.54) is 0 Å². The van der Waals surface area contributed by atoms with Crippen LogP contribution in [-0.2, 0) is 76.5 Å². The number of esters is 3. The van der Waals surface area contributed by atoms with Crippen molar-refractivity contribution in [2.24, 2.45) is 25.9 Å². The molecule has 15 nitrogen and oxygen atoms in total. The molecule has 2 aromatic heterocycles. The topological polar surface area (TPSA) is 214 Å². The maximum Gasteiger partial charge on any atom is 1.00 e. The molecule has 0 saturated heterocycles. The normalized spacial score (nSPS) is 12.6. The van der Waals surface area contributed by atoms with Crippen molar-refractivity contribution in [3.8, 4) is 0 Å². The SMILES string of the molecule is C[C@@H](CCC(=O)OC(C)(C)C)C(=O)N[C@H](Cc1cn(C)c2ccccc12)C(=O)O.C[C@@H](CCC(=O)OC(C)(C)C)C(=O)N[C@H](Cc1cn(C)c2ccccc12)C(=O)OCc1ccccc1.S.S.[Na+].[OH-]. The zero-order chi connectivity index (χ0) is 48.1. The molecule has 3 aromatic carbocycles. The van der Waals surface area contributed by atoms with Crippen molar-refractivity contribution in [1.82, 2.24) is 19.8 Å². The Kier molecular flexibility index (Phi) is 27.4. The van der Waals surface area contributed by atoms with E-state index < -0.39 is 47.1 Å². The maximum atomic E-state index is 13.1. The van der Waals surface area contributed by atoms with Crippen molar-refractivity contribution in [3.05, 3.63) is 108 Å². The fourth-order valence-corrected chi connectivity index (χ4v) is 7.18. The van der Waals surface area contributed by atoms with Gasteiger partial charge in [0.05, 0.1) is 0 Å². The van der Waals surface area contributed by atoms with Gasteiger partial charge >= 0.3 is 53.4 Å². The van der Waals surface area contributed by atoms with E-state index in [1.54, 1.807) is 55.4 Å².